The largest absolute Gasteiger partial charge is 0.367 e. The third kappa shape index (κ3) is 6.27. The fourth-order valence-electron chi connectivity index (χ4n) is 4.25. The van der Waals surface area contributed by atoms with Crippen LogP contribution in [-0.2, 0) is 23.4 Å². The van der Waals surface area contributed by atoms with E-state index >= 15 is 0 Å². The second-order valence-electron chi connectivity index (χ2n) is 8.92. The summed E-state index contributed by atoms with van der Waals surface area (Å²) in [6.07, 6.45) is 7.01. The van der Waals surface area contributed by atoms with Crippen molar-refractivity contribution in [3.05, 3.63) is 17.5 Å². The summed E-state index contributed by atoms with van der Waals surface area (Å²) in [5, 5.41) is 4.58. The highest BCUT2D eigenvalue weighted by atomic mass is 35.5. The SMILES string of the molecule is CN(C)C(=O)COP(=O)(O)COC[C@@H]1CC[C@H](n2ccc3c(NC4CCCC4)nc(Cl)nc32)O1. The Labute approximate surface area is 203 Å². The Kier molecular flexibility index (Phi) is 8.12. The van der Waals surface area contributed by atoms with Crippen LogP contribution in [-0.4, -0.2) is 76.0 Å². The van der Waals surface area contributed by atoms with Crippen LogP contribution in [0.4, 0.5) is 5.82 Å². The van der Waals surface area contributed by atoms with E-state index < -0.39 is 26.5 Å². The number of nitrogens with one attached hydrogen (secondary N) is 1. The molecule has 0 bridgehead atoms. The van der Waals surface area contributed by atoms with E-state index in [1.54, 1.807) is 14.1 Å². The number of carbonyl (C=O) groups is 1. The first kappa shape index (κ1) is 25.3. The van der Waals surface area contributed by atoms with E-state index in [0.717, 1.165) is 30.5 Å². The van der Waals surface area contributed by atoms with Gasteiger partial charge in [-0.3, -0.25) is 13.9 Å². The molecule has 3 heterocycles. The predicted octanol–water partition coefficient (Wildman–Crippen LogP) is 3.38. The van der Waals surface area contributed by atoms with Crippen molar-refractivity contribution in [1.29, 1.82) is 0 Å². The fourth-order valence-corrected chi connectivity index (χ4v) is 5.14. The van der Waals surface area contributed by atoms with Gasteiger partial charge in [-0.25, -0.2) is 4.98 Å². The molecule has 1 aliphatic carbocycles. The van der Waals surface area contributed by atoms with Crippen LogP contribution >= 0.6 is 19.2 Å². The van der Waals surface area contributed by atoms with E-state index in [4.69, 9.17) is 25.6 Å². The number of fused-ring (bicyclic) bond motifs is 1. The Hall–Kier alpha value is -1.75. The quantitative estimate of drug-likeness (QED) is 0.361. The Balaban J connectivity index is 1.32. The first-order valence-electron chi connectivity index (χ1n) is 11.4. The minimum absolute atomic E-state index is 0.134. The first-order valence-corrected chi connectivity index (χ1v) is 13.6. The zero-order chi connectivity index (χ0) is 24.3. The second kappa shape index (κ2) is 10.9. The topological polar surface area (TPSA) is 128 Å². The summed E-state index contributed by atoms with van der Waals surface area (Å²) in [7, 11) is -0.950. The molecule has 1 amide bonds. The Morgan fingerprint density at radius 2 is 2.09 bits per heavy atom. The van der Waals surface area contributed by atoms with Crippen molar-refractivity contribution in [2.24, 2.45) is 0 Å². The van der Waals surface area contributed by atoms with Crippen molar-refractivity contribution in [3.8, 4) is 0 Å². The van der Waals surface area contributed by atoms with Gasteiger partial charge in [0.05, 0.1) is 18.1 Å². The minimum atomic E-state index is -4.03. The number of ether oxygens (including phenoxy) is 2. The van der Waals surface area contributed by atoms with Gasteiger partial charge >= 0.3 is 7.60 Å². The monoisotopic (exact) mass is 515 g/mol. The number of hydrogen-bond donors (Lipinski definition) is 2. The van der Waals surface area contributed by atoms with E-state index in [0.29, 0.717) is 18.1 Å². The number of hydrogen-bond acceptors (Lipinski definition) is 8. The molecule has 2 N–H and O–H groups in total. The van der Waals surface area contributed by atoms with Crippen LogP contribution in [0.3, 0.4) is 0 Å². The molecule has 0 aromatic carbocycles. The molecule has 13 heteroatoms. The lowest BCUT2D eigenvalue weighted by atomic mass is 10.2. The number of rotatable bonds is 10. The van der Waals surface area contributed by atoms with Crippen LogP contribution in [0.5, 0.6) is 0 Å². The van der Waals surface area contributed by atoms with Gasteiger partial charge in [-0.2, -0.15) is 4.98 Å². The highest BCUT2D eigenvalue weighted by molar-refractivity contribution is 7.52. The molecule has 2 fully saturated rings. The molecule has 0 radical (unpaired) electrons. The highest BCUT2D eigenvalue weighted by Gasteiger charge is 2.30. The summed E-state index contributed by atoms with van der Waals surface area (Å²) < 4.78 is 30.3. The van der Waals surface area contributed by atoms with Crippen molar-refractivity contribution < 1.29 is 28.3 Å². The van der Waals surface area contributed by atoms with E-state index in [2.05, 4.69) is 15.3 Å². The normalized spacial score (nSPS) is 22.8. The molecular weight excluding hydrogens is 485 g/mol. The van der Waals surface area contributed by atoms with Gasteiger partial charge in [-0.05, 0) is 43.4 Å². The maximum Gasteiger partial charge on any atom is 0.354 e. The van der Waals surface area contributed by atoms with Gasteiger partial charge in [0.1, 0.15) is 30.6 Å². The lowest BCUT2D eigenvalue weighted by Gasteiger charge is -2.18. The molecule has 2 aliphatic rings. The highest BCUT2D eigenvalue weighted by Crippen LogP contribution is 2.42. The molecule has 1 saturated heterocycles. The Morgan fingerprint density at radius 3 is 2.82 bits per heavy atom. The Bertz CT molecular complexity index is 1060. The molecule has 11 nitrogen and oxygen atoms in total. The van der Waals surface area contributed by atoms with Crippen molar-refractivity contribution >= 4 is 42.0 Å². The molecule has 188 valence electrons. The lowest BCUT2D eigenvalue weighted by molar-refractivity contribution is -0.131. The van der Waals surface area contributed by atoms with Gasteiger partial charge in [0.25, 0.3) is 0 Å². The molecule has 3 atom stereocenters. The van der Waals surface area contributed by atoms with Gasteiger partial charge in [0.15, 0.2) is 0 Å². The van der Waals surface area contributed by atoms with E-state index in [1.165, 1.54) is 17.7 Å². The summed E-state index contributed by atoms with van der Waals surface area (Å²) in [6, 6.07) is 2.36. The molecule has 2 aromatic heterocycles. The van der Waals surface area contributed by atoms with E-state index in [1.807, 2.05) is 16.8 Å². The number of carbonyl (C=O) groups excluding carboxylic acids is 1. The molecule has 1 saturated carbocycles. The van der Waals surface area contributed by atoms with Gasteiger partial charge in [0.2, 0.25) is 11.2 Å². The summed E-state index contributed by atoms with van der Waals surface area (Å²) in [5.41, 5.74) is 0.700. The summed E-state index contributed by atoms with van der Waals surface area (Å²) in [4.78, 5) is 31.5. The number of anilines is 1. The average molecular weight is 516 g/mol. The molecule has 1 unspecified atom stereocenters. The minimum Gasteiger partial charge on any atom is -0.367 e. The Morgan fingerprint density at radius 1 is 1.32 bits per heavy atom. The summed E-state index contributed by atoms with van der Waals surface area (Å²) in [6.45, 7) is -0.343. The molecule has 34 heavy (non-hydrogen) atoms. The van der Waals surface area contributed by atoms with Gasteiger partial charge in [-0.1, -0.05) is 12.8 Å². The van der Waals surface area contributed by atoms with E-state index in [-0.39, 0.29) is 24.2 Å². The molecule has 1 aliphatic heterocycles. The summed E-state index contributed by atoms with van der Waals surface area (Å²) >= 11 is 6.23. The van der Waals surface area contributed by atoms with Crippen LogP contribution in [0.2, 0.25) is 5.28 Å². The number of halogens is 1. The van der Waals surface area contributed by atoms with Crippen LogP contribution in [0.1, 0.15) is 44.8 Å². The van der Waals surface area contributed by atoms with Gasteiger partial charge in [-0.15, -0.1) is 0 Å². The predicted molar refractivity (Wildman–Crippen MR) is 127 cm³/mol. The maximum atomic E-state index is 12.1. The summed E-state index contributed by atoms with van der Waals surface area (Å²) in [5.74, 6) is 0.339. The maximum absolute atomic E-state index is 12.1. The van der Waals surface area contributed by atoms with Gasteiger partial charge in [0, 0.05) is 26.3 Å². The number of likely N-dealkylation sites (N-methyl/N-ethyl adjacent to an activating group) is 1. The van der Waals surface area contributed by atoms with Crippen LogP contribution in [0.15, 0.2) is 12.3 Å². The van der Waals surface area contributed by atoms with Gasteiger partial charge < -0.3 is 29.2 Å². The number of nitrogens with zero attached hydrogens (tertiary/aromatic N) is 4. The van der Waals surface area contributed by atoms with Crippen molar-refractivity contribution in [1.82, 2.24) is 19.4 Å². The zero-order valence-corrected chi connectivity index (χ0v) is 21.0. The number of aromatic nitrogens is 3. The van der Waals surface area contributed by atoms with E-state index in [9.17, 15) is 14.3 Å². The zero-order valence-electron chi connectivity index (χ0n) is 19.4. The van der Waals surface area contributed by atoms with Crippen LogP contribution < -0.4 is 5.32 Å². The first-order chi connectivity index (χ1) is 16.2. The van der Waals surface area contributed by atoms with Crippen LogP contribution in [0.25, 0.3) is 11.0 Å². The third-order valence-electron chi connectivity index (χ3n) is 6.08. The van der Waals surface area contributed by atoms with Crippen LogP contribution in [0, 0.1) is 0 Å². The molecule has 0 spiro atoms. The third-order valence-corrected chi connectivity index (χ3v) is 7.29. The molecule has 2 aromatic rings. The van der Waals surface area contributed by atoms with Crippen molar-refractivity contribution in [3.63, 3.8) is 0 Å². The molecular formula is C21H31ClN5O6P. The fraction of sp³-hybridized carbons (Fsp3) is 0.667. The second-order valence-corrected chi connectivity index (χ2v) is 11.0. The number of amides is 1. The average Bonchev–Trinajstić information content (AvgIpc) is 3.52. The van der Waals surface area contributed by atoms with Crippen molar-refractivity contribution in [2.75, 3.05) is 39.0 Å². The van der Waals surface area contributed by atoms with Crippen molar-refractivity contribution in [2.45, 2.75) is 56.9 Å². The standard InChI is InChI=1S/C21H31ClN5O6P/c1-26(2)17(28)12-32-34(29,30)13-31-11-15-7-8-18(33-15)27-10-9-16-19(23-14-5-3-4-6-14)24-21(22)25-20(16)27/h9-10,14-15,18H,3-8,11-13H2,1-2H3,(H,29,30)(H,23,24,25)/t15-,18+/m0/s1. The molecule has 4 rings (SSSR count). The lowest BCUT2D eigenvalue weighted by Crippen LogP contribution is -2.26. The smallest absolute Gasteiger partial charge is 0.354 e.